The number of hydrogen-bond acceptors (Lipinski definition) is 11. The Morgan fingerprint density at radius 1 is 1.23 bits per heavy atom. The maximum atomic E-state index is 13.4. The highest BCUT2D eigenvalue weighted by molar-refractivity contribution is 7.55. The highest BCUT2D eigenvalue weighted by Crippen LogP contribution is 2.51. The molecule has 1 aliphatic heterocycles. The van der Waals surface area contributed by atoms with Gasteiger partial charge in [-0.3, -0.25) is 23.3 Å². The van der Waals surface area contributed by atoms with E-state index in [2.05, 4.69) is 14.0 Å². The Hall–Kier alpha value is -2.65. The SMILES string of the molecule is O=c1ccn([C@@H]2O[C@H](COP(=O)(O)O[P+](=O)O)[C@H](O)C2O)c(=O)n1Cc1noc2cc(F)ccc12. The molecule has 1 fully saturated rings. The molecule has 4 rings (SSSR count). The van der Waals surface area contributed by atoms with Crippen LogP contribution in [-0.2, 0) is 29.2 Å². The van der Waals surface area contributed by atoms with Crippen LogP contribution in [0.25, 0.3) is 11.0 Å². The third-order valence-corrected chi connectivity index (χ3v) is 6.96. The molecule has 18 heteroatoms. The fourth-order valence-electron chi connectivity index (χ4n) is 3.47. The number of rotatable bonds is 8. The molecule has 2 aromatic heterocycles. The van der Waals surface area contributed by atoms with Gasteiger partial charge in [-0.15, -0.1) is 4.89 Å². The zero-order valence-corrected chi connectivity index (χ0v) is 19.1. The quantitative estimate of drug-likeness (QED) is 0.274. The van der Waals surface area contributed by atoms with E-state index in [1.807, 2.05) is 0 Å². The summed E-state index contributed by atoms with van der Waals surface area (Å²) >= 11 is 0. The van der Waals surface area contributed by atoms with Gasteiger partial charge < -0.3 is 19.5 Å². The third-order valence-electron chi connectivity index (χ3n) is 5.10. The largest absolute Gasteiger partial charge is 0.705 e. The lowest BCUT2D eigenvalue weighted by molar-refractivity contribution is -0.0546. The Bertz CT molecular complexity index is 1440. The average Bonchev–Trinajstić information content (AvgIpc) is 3.29. The van der Waals surface area contributed by atoms with Gasteiger partial charge in [-0.2, -0.15) is 0 Å². The van der Waals surface area contributed by atoms with Crippen molar-refractivity contribution in [2.24, 2.45) is 0 Å². The first-order chi connectivity index (χ1) is 16.5. The Labute approximate surface area is 194 Å². The highest BCUT2D eigenvalue weighted by atomic mass is 31.2. The lowest BCUT2D eigenvalue weighted by atomic mass is 10.1. The zero-order valence-electron chi connectivity index (χ0n) is 17.3. The van der Waals surface area contributed by atoms with E-state index >= 15 is 0 Å². The van der Waals surface area contributed by atoms with Gasteiger partial charge in [-0.25, -0.2) is 13.8 Å². The second-order valence-electron chi connectivity index (χ2n) is 7.33. The number of benzene rings is 1. The second kappa shape index (κ2) is 9.78. The topological polar surface area (TPSA) is 213 Å². The van der Waals surface area contributed by atoms with Crippen LogP contribution in [0.1, 0.15) is 11.9 Å². The van der Waals surface area contributed by atoms with Crippen LogP contribution in [0.5, 0.6) is 0 Å². The summed E-state index contributed by atoms with van der Waals surface area (Å²) in [5, 5.41) is 24.7. The van der Waals surface area contributed by atoms with Crippen LogP contribution in [0, 0.1) is 5.82 Å². The lowest BCUT2D eigenvalue weighted by Crippen LogP contribution is -2.43. The number of aliphatic hydroxyl groups excluding tert-OH is 2. The number of nitrogens with zero attached hydrogens (tertiary/aromatic N) is 3. The molecule has 188 valence electrons. The normalized spacial score (nSPS) is 24.5. The van der Waals surface area contributed by atoms with Gasteiger partial charge in [0.1, 0.15) is 29.8 Å². The van der Waals surface area contributed by atoms with Crippen LogP contribution in [0.2, 0.25) is 0 Å². The van der Waals surface area contributed by atoms with Crippen LogP contribution in [0.3, 0.4) is 0 Å². The number of ether oxygens (including phenoxy) is 1. The molecule has 3 aromatic rings. The summed E-state index contributed by atoms with van der Waals surface area (Å²) in [5.74, 6) is -0.571. The molecule has 4 N–H and O–H groups in total. The minimum Gasteiger partial charge on any atom is -0.387 e. The van der Waals surface area contributed by atoms with Crippen molar-refractivity contribution in [1.82, 2.24) is 14.3 Å². The van der Waals surface area contributed by atoms with Crippen LogP contribution in [0.15, 0.2) is 44.6 Å². The predicted octanol–water partition coefficient (Wildman–Crippen LogP) is -0.259. The lowest BCUT2D eigenvalue weighted by Gasteiger charge is -2.18. The van der Waals surface area contributed by atoms with Crippen molar-refractivity contribution in [3.05, 3.63) is 62.8 Å². The van der Waals surface area contributed by atoms with Crippen molar-refractivity contribution in [3.63, 3.8) is 0 Å². The minimum atomic E-state index is -4.98. The molecule has 1 aliphatic rings. The standard InChI is InChI=1S/C17H16FN3O12P2/c18-8-1-2-9-10(19-32-11(9)5-8)6-21-13(22)3-4-20(17(21)25)16-15(24)14(23)12(31-16)7-30-35(28,29)33-34(26)27/h1-5,12,14-16,23-24H,6-7H2,(H-,26,27,28,29)/p+1/t12-,14+,15?,16-/m1/s1. The van der Waals surface area contributed by atoms with Gasteiger partial charge in [0.25, 0.3) is 5.56 Å². The van der Waals surface area contributed by atoms with Gasteiger partial charge in [-0.05, 0) is 16.4 Å². The van der Waals surface area contributed by atoms with E-state index in [1.54, 1.807) is 0 Å². The molecule has 6 atom stereocenters. The summed E-state index contributed by atoms with van der Waals surface area (Å²) < 4.78 is 55.8. The smallest absolute Gasteiger partial charge is 0.387 e. The van der Waals surface area contributed by atoms with Gasteiger partial charge in [0.05, 0.1) is 13.2 Å². The highest BCUT2D eigenvalue weighted by Gasteiger charge is 2.46. The van der Waals surface area contributed by atoms with E-state index < -0.39 is 64.3 Å². The molecule has 0 saturated carbocycles. The van der Waals surface area contributed by atoms with Crippen LogP contribution in [0.4, 0.5) is 4.39 Å². The summed E-state index contributed by atoms with van der Waals surface area (Å²) in [6.07, 6.45) is -5.45. The van der Waals surface area contributed by atoms with Crippen LogP contribution < -0.4 is 11.2 Å². The second-order valence-corrected chi connectivity index (χ2v) is 9.65. The summed E-state index contributed by atoms with van der Waals surface area (Å²) in [6.45, 7) is -1.24. The predicted molar refractivity (Wildman–Crippen MR) is 111 cm³/mol. The first-order valence-corrected chi connectivity index (χ1v) is 12.3. The molecule has 15 nitrogen and oxygen atoms in total. The number of hydrogen-bond donors (Lipinski definition) is 4. The monoisotopic (exact) mass is 536 g/mol. The molecular formula is C17H17FN3O12P2+. The molecule has 0 bridgehead atoms. The van der Waals surface area contributed by atoms with E-state index in [-0.39, 0.29) is 17.8 Å². The van der Waals surface area contributed by atoms with Gasteiger partial charge in [0.15, 0.2) is 11.8 Å². The molecule has 0 radical (unpaired) electrons. The molecule has 3 unspecified atom stereocenters. The Balaban J connectivity index is 1.58. The van der Waals surface area contributed by atoms with Gasteiger partial charge in [0.2, 0.25) is 0 Å². The van der Waals surface area contributed by atoms with Crippen LogP contribution >= 0.6 is 16.1 Å². The Kier molecular flexibility index (Phi) is 7.11. The molecule has 3 heterocycles. The number of halogens is 1. The molecule has 0 spiro atoms. The maximum absolute atomic E-state index is 13.4. The van der Waals surface area contributed by atoms with E-state index in [4.69, 9.17) is 14.2 Å². The van der Waals surface area contributed by atoms with Gasteiger partial charge >= 0.3 is 21.8 Å². The molecule has 35 heavy (non-hydrogen) atoms. The molecule has 0 aliphatic carbocycles. The van der Waals surface area contributed by atoms with E-state index in [1.165, 1.54) is 6.07 Å². The minimum absolute atomic E-state index is 0.0979. The number of aliphatic hydroxyl groups is 2. The summed E-state index contributed by atoms with van der Waals surface area (Å²) in [7, 11) is -8.45. The Morgan fingerprint density at radius 2 is 1.97 bits per heavy atom. The van der Waals surface area contributed by atoms with Crippen molar-refractivity contribution < 1.29 is 51.6 Å². The average molecular weight is 536 g/mol. The van der Waals surface area contributed by atoms with Crippen molar-refractivity contribution in [2.45, 2.75) is 31.1 Å². The fourth-order valence-corrected chi connectivity index (χ4v) is 4.70. The van der Waals surface area contributed by atoms with E-state index in [0.29, 0.717) is 5.39 Å². The number of phosphoric acid groups is 1. The van der Waals surface area contributed by atoms with Crippen molar-refractivity contribution >= 4 is 27.0 Å². The molecule has 1 aromatic carbocycles. The fraction of sp³-hybridized carbons (Fsp3) is 0.353. The number of aromatic nitrogens is 3. The molecular weight excluding hydrogens is 519 g/mol. The first-order valence-electron chi connectivity index (χ1n) is 9.67. The van der Waals surface area contributed by atoms with E-state index in [9.17, 15) is 38.2 Å². The first kappa shape index (κ1) is 25.4. The van der Waals surface area contributed by atoms with Crippen LogP contribution in [-0.4, -0.2) is 59.2 Å². The third kappa shape index (κ3) is 5.30. The maximum Gasteiger partial charge on any atom is 0.705 e. The number of fused-ring (bicyclic) bond motifs is 1. The van der Waals surface area contributed by atoms with Crippen molar-refractivity contribution in [2.75, 3.05) is 6.61 Å². The van der Waals surface area contributed by atoms with Gasteiger partial charge in [-0.1, -0.05) is 5.16 Å². The van der Waals surface area contributed by atoms with Crippen molar-refractivity contribution in [3.8, 4) is 0 Å². The molecule has 1 saturated heterocycles. The number of phosphoric ester groups is 1. The zero-order chi connectivity index (χ0) is 25.5. The van der Waals surface area contributed by atoms with Gasteiger partial charge in [0, 0.05) is 28.3 Å². The van der Waals surface area contributed by atoms with E-state index in [0.717, 1.165) is 33.5 Å². The Morgan fingerprint density at radius 3 is 2.69 bits per heavy atom. The van der Waals surface area contributed by atoms with Crippen molar-refractivity contribution in [1.29, 1.82) is 0 Å². The molecule has 0 amide bonds. The summed E-state index contributed by atoms with van der Waals surface area (Å²) in [6, 6.07) is 4.59. The summed E-state index contributed by atoms with van der Waals surface area (Å²) in [5.41, 5.74) is -1.46. The summed E-state index contributed by atoms with van der Waals surface area (Å²) in [4.78, 5) is 43.3.